The van der Waals surface area contributed by atoms with Crippen molar-refractivity contribution in [2.75, 3.05) is 12.7 Å². The van der Waals surface area contributed by atoms with Crippen LogP contribution in [0.25, 0.3) is 0 Å². The lowest BCUT2D eigenvalue weighted by Gasteiger charge is -2.09. The Balaban J connectivity index is 2.45. The van der Waals surface area contributed by atoms with Gasteiger partial charge in [0.1, 0.15) is 0 Å². The predicted molar refractivity (Wildman–Crippen MR) is 38.4 cm³/mol. The summed E-state index contributed by atoms with van der Waals surface area (Å²) < 4.78 is 10.2. The Hall–Kier alpha value is -0.800. The van der Waals surface area contributed by atoms with Crippen LogP contribution in [0, 0.1) is 0 Å². The molecule has 0 aliphatic carbocycles. The molecule has 0 radical (unpaired) electrons. The van der Waals surface area contributed by atoms with Gasteiger partial charge in [-0.3, -0.25) is 14.5 Å². The van der Waals surface area contributed by atoms with Crippen LogP contribution in [0.3, 0.4) is 0 Å². The van der Waals surface area contributed by atoms with Crippen LogP contribution in [-0.2, 0) is 14.2 Å². The van der Waals surface area contributed by atoms with Crippen LogP contribution in [0.5, 0.6) is 0 Å². The van der Waals surface area contributed by atoms with Crippen LogP contribution in [0.1, 0.15) is 12.8 Å². The monoisotopic (exact) mass is 189 g/mol. The van der Waals surface area contributed by atoms with Gasteiger partial charge in [-0.15, -0.1) is 0 Å². The highest BCUT2D eigenvalue weighted by Crippen LogP contribution is 2.14. The van der Waals surface area contributed by atoms with Gasteiger partial charge in [0, 0.05) is 12.8 Å². The summed E-state index contributed by atoms with van der Waals surface area (Å²) in [6, 6.07) is 0. The molecule has 1 fully saturated rings. The molecule has 0 aromatic rings. The second kappa shape index (κ2) is 3.74. The van der Waals surface area contributed by atoms with E-state index in [0.717, 1.165) is 4.90 Å². The van der Waals surface area contributed by atoms with Gasteiger partial charge in [-0.05, 0) is 0 Å². The molecule has 0 aromatic heterocycles. The van der Waals surface area contributed by atoms with E-state index < -0.39 is 8.03 Å². The maximum atomic E-state index is 10.9. The first-order chi connectivity index (χ1) is 5.61. The van der Waals surface area contributed by atoms with Crippen LogP contribution < -0.4 is 4.89 Å². The van der Waals surface area contributed by atoms with E-state index in [1.165, 1.54) is 0 Å². The van der Waals surface area contributed by atoms with Crippen molar-refractivity contribution in [1.29, 1.82) is 0 Å². The van der Waals surface area contributed by atoms with Gasteiger partial charge in [0.05, 0.1) is 6.54 Å². The lowest BCUT2D eigenvalue weighted by Crippen LogP contribution is -2.31. The largest absolute Gasteiger partial charge is 0.596 e. The van der Waals surface area contributed by atoms with Crippen molar-refractivity contribution in [2.24, 2.45) is 0 Å². The normalized spacial score (nSPS) is 18.8. The van der Waals surface area contributed by atoms with Crippen molar-refractivity contribution in [3.63, 3.8) is 0 Å². The zero-order chi connectivity index (χ0) is 9.14. The topological polar surface area (TPSA) is 77.5 Å². The summed E-state index contributed by atoms with van der Waals surface area (Å²) in [6.45, 7) is 0.0103. The highest BCUT2D eigenvalue weighted by atomic mass is 31.1. The van der Waals surface area contributed by atoms with E-state index >= 15 is 0 Å². The molecule has 0 saturated carbocycles. The van der Waals surface area contributed by atoms with Crippen LogP contribution in [-0.4, -0.2) is 29.4 Å². The van der Waals surface area contributed by atoms with E-state index in [9.17, 15) is 19.0 Å². The molecular formula is C6H8NO4P. The van der Waals surface area contributed by atoms with E-state index in [1.807, 2.05) is 0 Å². The van der Waals surface area contributed by atoms with Gasteiger partial charge in [0.2, 0.25) is 11.8 Å². The number of nitrogens with zero attached hydrogens (tertiary/aromatic N) is 1. The van der Waals surface area contributed by atoms with Crippen molar-refractivity contribution >= 4 is 19.8 Å². The third kappa shape index (κ3) is 2.09. The summed E-state index contributed by atoms with van der Waals surface area (Å²) in [6.07, 6.45) is 0.301. The highest BCUT2D eigenvalue weighted by molar-refractivity contribution is 7.36. The average Bonchev–Trinajstić information content (AvgIpc) is 2.28. The Bertz CT molecular complexity index is 224. The van der Waals surface area contributed by atoms with Crippen molar-refractivity contribution < 1.29 is 19.0 Å². The predicted octanol–water partition coefficient (Wildman–Crippen LogP) is -0.762. The van der Waals surface area contributed by atoms with Gasteiger partial charge in [-0.25, -0.2) is 0 Å². The minimum Gasteiger partial charge on any atom is -0.596 e. The Morgan fingerprint density at radius 3 is 2.25 bits per heavy atom. The Morgan fingerprint density at radius 1 is 1.33 bits per heavy atom. The molecule has 2 amide bonds. The first-order valence-corrected chi connectivity index (χ1v) is 4.92. The third-order valence-electron chi connectivity index (χ3n) is 1.66. The summed E-state index contributed by atoms with van der Waals surface area (Å²) >= 11 is 0. The van der Waals surface area contributed by atoms with Crippen molar-refractivity contribution in [3.05, 3.63) is 0 Å². The van der Waals surface area contributed by atoms with Gasteiger partial charge >= 0.3 is 8.03 Å². The molecule has 1 heterocycles. The van der Waals surface area contributed by atoms with Crippen LogP contribution in [0.4, 0.5) is 0 Å². The zero-order valence-corrected chi connectivity index (χ0v) is 7.25. The first-order valence-electron chi connectivity index (χ1n) is 3.56. The molecular weight excluding hydrogens is 181 g/mol. The van der Waals surface area contributed by atoms with Gasteiger partial charge < -0.3 is 4.89 Å². The summed E-state index contributed by atoms with van der Waals surface area (Å²) in [5.74, 6) is -0.534. The lowest BCUT2D eigenvalue weighted by atomic mass is 10.4. The van der Waals surface area contributed by atoms with Gasteiger partial charge in [0.25, 0.3) is 0 Å². The van der Waals surface area contributed by atoms with Gasteiger partial charge in [-0.1, -0.05) is 4.57 Å². The number of likely N-dealkylation sites (tertiary alicyclic amines) is 1. The highest BCUT2D eigenvalue weighted by Gasteiger charge is 2.29. The maximum absolute atomic E-state index is 10.9. The molecule has 0 bridgehead atoms. The number of amides is 2. The standard InChI is InChI=1S/C6H8NO4P/c8-5-1-2-6(9)7(5)3-4-12(10)11/h1-4H2. The fraction of sp³-hybridized carbons (Fsp3) is 0.667. The van der Waals surface area contributed by atoms with E-state index in [4.69, 9.17) is 0 Å². The number of carbonyl (C=O) groups excluding carboxylic acids is 2. The second-order valence-corrected chi connectivity index (χ2v) is 3.61. The molecule has 1 aliphatic rings. The number of rotatable bonds is 3. The van der Waals surface area contributed by atoms with Crippen molar-refractivity contribution in [2.45, 2.75) is 12.8 Å². The van der Waals surface area contributed by atoms with E-state index in [-0.39, 0.29) is 37.4 Å². The number of imide groups is 1. The van der Waals surface area contributed by atoms with E-state index in [1.54, 1.807) is 0 Å². The fourth-order valence-corrected chi connectivity index (χ4v) is 1.42. The number of carbonyl (C=O) groups is 2. The third-order valence-corrected chi connectivity index (χ3v) is 2.23. The quantitative estimate of drug-likeness (QED) is 0.431. The molecule has 12 heavy (non-hydrogen) atoms. The zero-order valence-electron chi connectivity index (χ0n) is 6.36. The van der Waals surface area contributed by atoms with E-state index in [0.29, 0.717) is 0 Å². The minimum absolute atomic E-state index is 0.0103. The smallest absolute Gasteiger partial charge is 0.310 e. The maximum Gasteiger partial charge on any atom is 0.310 e. The molecule has 1 atom stereocenters. The minimum atomic E-state index is -2.50. The van der Waals surface area contributed by atoms with Crippen LogP contribution in [0.15, 0.2) is 0 Å². The Morgan fingerprint density at radius 2 is 1.83 bits per heavy atom. The Kier molecular flexibility index (Phi) is 2.89. The SMILES string of the molecule is O=C1CCC(=O)N1CC[P+](=O)[O-]. The summed E-state index contributed by atoms with van der Waals surface area (Å²) in [5.41, 5.74) is 0. The first kappa shape index (κ1) is 9.29. The average molecular weight is 189 g/mol. The molecule has 0 N–H and O–H groups in total. The molecule has 0 aromatic carbocycles. The molecule has 1 saturated heterocycles. The van der Waals surface area contributed by atoms with Gasteiger partial charge in [0.15, 0.2) is 6.16 Å². The lowest BCUT2D eigenvalue weighted by molar-refractivity contribution is -0.164. The second-order valence-electron chi connectivity index (χ2n) is 2.50. The molecule has 5 nitrogen and oxygen atoms in total. The molecule has 6 heteroatoms. The number of hydrogen-bond donors (Lipinski definition) is 0. The molecule has 1 aliphatic heterocycles. The molecule has 1 rings (SSSR count). The van der Waals surface area contributed by atoms with E-state index in [2.05, 4.69) is 0 Å². The van der Waals surface area contributed by atoms with Crippen LogP contribution >= 0.6 is 8.03 Å². The van der Waals surface area contributed by atoms with Crippen molar-refractivity contribution in [1.82, 2.24) is 4.90 Å². The van der Waals surface area contributed by atoms with Crippen molar-refractivity contribution in [3.8, 4) is 0 Å². The molecule has 0 spiro atoms. The fourth-order valence-electron chi connectivity index (χ4n) is 1.05. The summed E-state index contributed by atoms with van der Waals surface area (Å²) in [4.78, 5) is 33.0. The Labute approximate surface area is 70.2 Å². The van der Waals surface area contributed by atoms with Crippen LogP contribution in [0.2, 0.25) is 0 Å². The number of hydrogen-bond acceptors (Lipinski definition) is 4. The molecule has 1 unspecified atom stereocenters. The summed E-state index contributed by atoms with van der Waals surface area (Å²) in [5, 5.41) is 0. The summed E-state index contributed by atoms with van der Waals surface area (Å²) in [7, 11) is -2.50. The molecule has 66 valence electrons. The van der Waals surface area contributed by atoms with Gasteiger partial charge in [-0.2, -0.15) is 0 Å².